The minimum absolute atomic E-state index is 0.0204. The number of fused-ring (bicyclic) bond motifs is 1. The first kappa shape index (κ1) is 12.7. The number of nitrogens with one attached hydrogen (secondary N) is 1. The maximum Gasteiger partial charge on any atom is 0.252 e. The molecule has 1 atom stereocenters. The van der Waals surface area contributed by atoms with E-state index in [9.17, 15) is 4.79 Å². The van der Waals surface area contributed by atoms with E-state index in [1.54, 1.807) is 0 Å². The van der Waals surface area contributed by atoms with Gasteiger partial charge >= 0.3 is 0 Å². The molecule has 1 aliphatic heterocycles. The Balaban J connectivity index is 1.83. The summed E-state index contributed by atoms with van der Waals surface area (Å²) < 4.78 is 5.61. The Kier molecular flexibility index (Phi) is 3.42. The van der Waals surface area contributed by atoms with Crippen LogP contribution in [0.5, 0.6) is 5.75 Å². The second-order valence-electron chi connectivity index (χ2n) is 5.02. The molecule has 3 heteroatoms. The summed E-state index contributed by atoms with van der Waals surface area (Å²) >= 11 is 0. The van der Waals surface area contributed by atoms with E-state index in [0.717, 1.165) is 28.9 Å². The van der Waals surface area contributed by atoms with Gasteiger partial charge in [0.1, 0.15) is 5.75 Å². The molecule has 3 nitrogen and oxygen atoms in total. The number of aryl methyl sites for hydroxylation is 1. The number of rotatable bonds is 2. The molecular weight excluding hydrogens is 250 g/mol. The highest BCUT2D eigenvalue weighted by Gasteiger charge is 2.23. The zero-order valence-corrected chi connectivity index (χ0v) is 11.4. The van der Waals surface area contributed by atoms with Crippen LogP contribution in [0.4, 0.5) is 0 Å². The van der Waals surface area contributed by atoms with E-state index in [4.69, 9.17) is 4.74 Å². The zero-order valence-electron chi connectivity index (χ0n) is 11.4. The molecule has 1 unspecified atom stereocenters. The number of carbonyl (C=O) groups is 1. The van der Waals surface area contributed by atoms with Crippen molar-refractivity contribution >= 4 is 5.91 Å². The summed E-state index contributed by atoms with van der Waals surface area (Å²) in [5, 5.41) is 3.11. The van der Waals surface area contributed by atoms with Crippen LogP contribution in [0.25, 0.3) is 0 Å². The highest BCUT2D eigenvalue weighted by molar-refractivity contribution is 5.95. The van der Waals surface area contributed by atoms with Gasteiger partial charge in [-0.2, -0.15) is 0 Å². The third kappa shape index (κ3) is 2.39. The summed E-state index contributed by atoms with van der Waals surface area (Å²) in [7, 11) is 0. The molecule has 2 aromatic rings. The van der Waals surface area contributed by atoms with Crippen molar-refractivity contribution in [1.29, 1.82) is 0 Å². The summed E-state index contributed by atoms with van der Waals surface area (Å²) in [6, 6.07) is 15.5. The van der Waals surface area contributed by atoms with Gasteiger partial charge in [-0.05, 0) is 24.6 Å². The second kappa shape index (κ2) is 5.37. The van der Waals surface area contributed by atoms with Gasteiger partial charge in [-0.1, -0.05) is 36.4 Å². The molecule has 0 saturated heterocycles. The van der Waals surface area contributed by atoms with E-state index in [2.05, 4.69) is 5.32 Å². The minimum atomic E-state index is -0.0233. The van der Waals surface area contributed by atoms with Crippen molar-refractivity contribution in [2.75, 3.05) is 6.61 Å². The lowest BCUT2D eigenvalue weighted by Gasteiger charge is -2.26. The molecule has 102 valence electrons. The normalized spacial score (nSPS) is 16.9. The molecule has 20 heavy (non-hydrogen) atoms. The summed E-state index contributed by atoms with van der Waals surface area (Å²) in [6.45, 7) is 2.59. The largest absolute Gasteiger partial charge is 0.493 e. The van der Waals surface area contributed by atoms with Crippen LogP contribution in [0.1, 0.15) is 33.9 Å². The molecular formula is C17H17NO2. The van der Waals surface area contributed by atoms with Gasteiger partial charge in [0.25, 0.3) is 5.91 Å². The maximum atomic E-state index is 12.4. The minimum Gasteiger partial charge on any atom is -0.493 e. The first-order valence-electron chi connectivity index (χ1n) is 6.84. The number of hydrogen-bond acceptors (Lipinski definition) is 2. The fraction of sp³-hybridized carbons (Fsp3) is 0.235. The molecule has 1 aliphatic rings. The van der Waals surface area contributed by atoms with Crippen LogP contribution in [0.2, 0.25) is 0 Å². The first-order chi connectivity index (χ1) is 9.75. The van der Waals surface area contributed by atoms with E-state index in [0.29, 0.717) is 6.61 Å². The lowest BCUT2D eigenvalue weighted by atomic mass is 9.99. The van der Waals surface area contributed by atoms with E-state index in [1.807, 2.05) is 55.5 Å². The first-order valence-corrected chi connectivity index (χ1v) is 6.84. The van der Waals surface area contributed by atoms with Crippen molar-refractivity contribution in [3.05, 3.63) is 65.2 Å². The molecule has 3 rings (SSSR count). The molecule has 1 heterocycles. The summed E-state index contributed by atoms with van der Waals surface area (Å²) in [5.74, 6) is 0.846. The van der Waals surface area contributed by atoms with Crippen LogP contribution in [0.15, 0.2) is 48.5 Å². The average molecular weight is 267 g/mol. The van der Waals surface area contributed by atoms with Crippen molar-refractivity contribution in [3.8, 4) is 5.75 Å². The number of ether oxygens (including phenoxy) is 1. The Morgan fingerprint density at radius 3 is 2.75 bits per heavy atom. The van der Waals surface area contributed by atoms with E-state index in [1.165, 1.54) is 0 Å². The zero-order chi connectivity index (χ0) is 13.9. The predicted molar refractivity (Wildman–Crippen MR) is 77.9 cm³/mol. The summed E-state index contributed by atoms with van der Waals surface area (Å²) in [5.41, 5.74) is 2.78. The van der Waals surface area contributed by atoms with Gasteiger partial charge in [-0.3, -0.25) is 4.79 Å². The van der Waals surface area contributed by atoms with E-state index in [-0.39, 0.29) is 11.9 Å². The number of para-hydroxylation sites is 1. The van der Waals surface area contributed by atoms with Crippen molar-refractivity contribution < 1.29 is 9.53 Å². The lowest BCUT2D eigenvalue weighted by molar-refractivity contribution is 0.0924. The molecule has 2 aromatic carbocycles. The molecule has 0 radical (unpaired) electrons. The van der Waals surface area contributed by atoms with Gasteiger partial charge in [-0.15, -0.1) is 0 Å². The van der Waals surface area contributed by atoms with Gasteiger partial charge in [0.15, 0.2) is 0 Å². The summed E-state index contributed by atoms with van der Waals surface area (Å²) in [4.78, 5) is 12.4. The Morgan fingerprint density at radius 2 is 1.90 bits per heavy atom. The lowest BCUT2D eigenvalue weighted by Crippen LogP contribution is -2.32. The predicted octanol–water partition coefficient (Wildman–Crippen LogP) is 3.25. The van der Waals surface area contributed by atoms with E-state index < -0.39 is 0 Å². The highest BCUT2D eigenvalue weighted by atomic mass is 16.5. The molecule has 0 aromatic heterocycles. The van der Waals surface area contributed by atoms with Gasteiger partial charge in [0.05, 0.1) is 12.6 Å². The smallest absolute Gasteiger partial charge is 0.252 e. The van der Waals surface area contributed by atoms with Crippen LogP contribution in [0.3, 0.4) is 0 Å². The van der Waals surface area contributed by atoms with Crippen LogP contribution in [-0.4, -0.2) is 12.5 Å². The van der Waals surface area contributed by atoms with Gasteiger partial charge in [0, 0.05) is 17.5 Å². The van der Waals surface area contributed by atoms with Crippen LogP contribution in [-0.2, 0) is 0 Å². The Labute approximate surface area is 118 Å². The topological polar surface area (TPSA) is 38.3 Å². The molecule has 0 fully saturated rings. The molecule has 1 amide bonds. The molecule has 1 N–H and O–H groups in total. The number of hydrogen-bond donors (Lipinski definition) is 1. The fourth-order valence-electron chi connectivity index (χ4n) is 2.56. The van der Waals surface area contributed by atoms with Crippen molar-refractivity contribution in [2.24, 2.45) is 0 Å². The van der Waals surface area contributed by atoms with Crippen LogP contribution < -0.4 is 10.1 Å². The number of carbonyl (C=O) groups excluding carboxylic acids is 1. The standard InChI is InChI=1S/C17H17NO2/c1-12-6-2-3-7-13(12)17(19)18-15-10-11-20-16-9-5-4-8-14(15)16/h2-9,15H,10-11H2,1H3,(H,18,19). The molecule has 0 bridgehead atoms. The maximum absolute atomic E-state index is 12.4. The third-order valence-corrected chi connectivity index (χ3v) is 3.65. The average Bonchev–Trinajstić information content (AvgIpc) is 2.48. The molecule has 0 saturated carbocycles. The SMILES string of the molecule is Cc1ccccc1C(=O)NC1CCOc2ccccc21. The Morgan fingerprint density at radius 1 is 1.15 bits per heavy atom. The quantitative estimate of drug-likeness (QED) is 0.907. The van der Waals surface area contributed by atoms with Gasteiger partial charge < -0.3 is 10.1 Å². The fourth-order valence-corrected chi connectivity index (χ4v) is 2.56. The summed E-state index contributed by atoms with van der Waals surface area (Å²) in [6.07, 6.45) is 0.800. The van der Waals surface area contributed by atoms with E-state index >= 15 is 0 Å². The number of benzene rings is 2. The monoisotopic (exact) mass is 267 g/mol. The van der Waals surface area contributed by atoms with Crippen molar-refractivity contribution in [3.63, 3.8) is 0 Å². The Hall–Kier alpha value is -2.29. The van der Waals surface area contributed by atoms with Crippen LogP contribution >= 0.6 is 0 Å². The molecule has 0 aliphatic carbocycles. The second-order valence-corrected chi connectivity index (χ2v) is 5.02. The van der Waals surface area contributed by atoms with Gasteiger partial charge in [-0.25, -0.2) is 0 Å². The van der Waals surface area contributed by atoms with Gasteiger partial charge in [0.2, 0.25) is 0 Å². The van der Waals surface area contributed by atoms with Crippen molar-refractivity contribution in [1.82, 2.24) is 5.32 Å². The van der Waals surface area contributed by atoms with Crippen molar-refractivity contribution in [2.45, 2.75) is 19.4 Å². The van der Waals surface area contributed by atoms with Crippen LogP contribution in [0, 0.1) is 6.92 Å². The number of amides is 1. The highest BCUT2D eigenvalue weighted by Crippen LogP contribution is 2.31. The third-order valence-electron chi connectivity index (χ3n) is 3.65. The Bertz CT molecular complexity index is 636. The molecule has 0 spiro atoms.